The van der Waals surface area contributed by atoms with Crippen molar-refractivity contribution in [2.75, 3.05) is 33.2 Å². The van der Waals surface area contributed by atoms with Gasteiger partial charge in [0.05, 0.1) is 0 Å². The van der Waals surface area contributed by atoms with E-state index >= 15 is 0 Å². The second kappa shape index (κ2) is 8.69. The molecule has 1 aromatic heterocycles. The maximum atomic E-state index is 12.5. The van der Waals surface area contributed by atoms with Crippen molar-refractivity contribution < 1.29 is 9.21 Å². The molecular formula is C20H26ClN3O2. The van der Waals surface area contributed by atoms with Crippen LogP contribution >= 0.6 is 11.6 Å². The number of hydrogen-bond donors (Lipinski definition) is 0. The summed E-state index contributed by atoms with van der Waals surface area (Å²) < 4.78 is 5.15. The van der Waals surface area contributed by atoms with Crippen LogP contribution in [0.25, 0.3) is 0 Å². The normalized spacial score (nSPS) is 18.0. The molecule has 0 spiro atoms. The Morgan fingerprint density at radius 1 is 1.38 bits per heavy atom. The summed E-state index contributed by atoms with van der Waals surface area (Å²) in [5.41, 5.74) is 1.73. The number of amides is 1. The van der Waals surface area contributed by atoms with E-state index < -0.39 is 0 Å². The molecule has 0 radical (unpaired) electrons. The van der Waals surface area contributed by atoms with Crippen LogP contribution in [-0.4, -0.2) is 53.9 Å². The highest BCUT2D eigenvalue weighted by Crippen LogP contribution is 2.19. The van der Waals surface area contributed by atoms with Crippen LogP contribution in [0.3, 0.4) is 0 Å². The minimum absolute atomic E-state index is 0.0606. The number of carbonyl (C=O) groups is 1. The Morgan fingerprint density at radius 2 is 2.15 bits per heavy atom. The first-order chi connectivity index (χ1) is 12.5. The lowest BCUT2D eigenvalue weighted by Crippen LogP contribution is -2.42. The number of carbonyl (C=O) groups excluding carboxylic acids is 1. The van der Waals surface area contributed by atoms with E-state index in [9.17, 15) is 4.79 Å². The van der Waals surface area contributed by atoms with E-state index in [1.165, 1.54) is 18.4 Å². The summed E-state index contributed by atoms with van der Waals surface area (Å²) >= 11 is 5.95. The SMILES string of the molecule is Cc1ocnc1C(=O)N(C)CC1CCCN(CCc2ccc(Cl)cc2)C1. The van der Waals surface area contributed by atoms with Crippen molar-refractivity contribution in [3.63, 3.8) is 0 Å². The smallest absolute Gasteiger partial charge is 0.275 e. The van der Waals surface area contributed by atoms with E-state index in [0.29, 0.717) is 17.4 Å². The van der Waals surface area contributed by atoms with E-state index in [4.69, 9.17) is 16.0 Å². The van der Waals surface area contributed by atoms with Gasteiger partial charge in [0.25, 0.3) is 5.91 Å². The van der Waals surface area contributed by atoms with Crippen LogP contribution in [0.1, 0.15) is 34.7 Å². The lowest BCUT2D eigenvalue weighted by molar-refractivity contribution is 0.0723. The fourth-order valence-corrected chi connectivity index (χ4v) is 3.73. The van der Waals surface area contributed by atoms with Crippen molar-refractivity contribution >= 4 is 17.5 Å². The highest BCUT2D eigenvalue weighted by atomic mass is 35.5. The molecule has 26 heavy (non-hydrogen) atoms. The number of benzene rings is 1. The first-order valence-corrected chi connectivity index (χ1v) is 9.53. The van der Waals surface area contributed by atoms with E-state index in [0.717, 1.165) is 44.0 Å². The molecule has 140 valence electrons. The lowest BCUT2D eigenvalue weighted by atomic mass is 9.97. The molecule has 1 fully saturated rings. The van der Waals surface area contributed by atoms with Gasteiger partial charge >= 0.3 is 0 Å². The zero-order valence-corrected chi connectivity index (χ0v) is 16.2. The quantitative estimate of drug-likeness (QED) is 0.773. The predicted octanol–water partition coefficient (Wildman–Crippen LogP) is 3.66. The number of aromatic nitrogens is 1. The molecule has 1 aromatic carbocycles. The first-order valence-electron chi connectivity index (χ1n) is 9.15. The third-order valence-corrected chi connectivity index (χ3v) is 5.31. The van der Waals surface area contributed by atoms with E-state index in [1.807, 2.05) is 19.2 Å². The van der Waals surface area contributed by atoms with Crippen LogP contribution in [0, 0.1) is 12.8 Å². The molecule has 0 saturated carbocycles. The Morgan fingerprint density at radius 3 is 2.85 bits per heavy atom. The third-order valence-electron chi connectivity index (χ3n) is 5.06. The van der Waals surface area contributed by atoms with Gasteiger partial charge in [0.15, 0.2) is 12.1 Å². The minimum Gasteiger partial charge on any atom is -0.448 e. The summed E-state index contributed by atoms with van der Waals surface area (Å²) in [5.74, 6) is 1.01. The number of rotatable bonds is 6. The number of aryl methyl sites for hydroxylation is 1. The molecule has 1 aliphatic rings. The summed E-state index contributed by atoms with van der Waals surface area (Å²) in [5, 5.41) is 0.779. The Bertz CT molecular complexity index is 729. The van der Waals surface area contributed by atoms with Gasteiger partial charge in [-0.05, 0) is 56.3 Å². The maximum Gasteiger partial charge on any atom is 0.275 e. The van der Waals surface area contributed by atoms with Gasteiger partial charge in [-0.3, -0.25) is 4.79 Å². The second-order valence-electron chi connectivity index (χ2n) is 7.13. The van der Waals surface area contributed by atoms with Gasteiger partial charge in [-0.1, -0.05) is 23.7 Å². The standard InChI is InChI=1S/C20H26ClN3O2/c1-15-19(22-14-26-15)20(25)23(2)12-17-4-3-10-24(13-17)11-9-16-5-7-18(21)8-6-16/h5-8,14,17H,3-4,9-13H2,1-2H3. The molecule has 1 amide bonds. The number of halogens is 1. The Hall–Kier alpha value is -1.85. The number of oxazole rings is 1. The largest absolute Gasteiger partial charge is 0.448 e. The highest BCUT2D eigenvalue weighted by Gasteiger charge is 2.24. The van der Waals surface area contributed by atoms with Crippen molar-refractivity contribution in [2.24, 2.45) is 5.92 Å². The van der Waals surface area contributed by atoms with Gasteiger partial charge in [0.2, 0.25) is 0 Å². The first kappa shape index (κ1) is 18.9. The fourth-order valence-electron chi connectivity index (χ4n) is 3.60. The summed E-state index contributed by atoms with van der Waals surface area (Å²) in [4.78, 5) is 20.8. The predicted molar refractivity (Wildman–Crippen MR) is 103 cm³/mol. The zero-order chi connectivity index (χ0) is 18.5. The van der Waals surface area contributed by atoms with Gasteiger partial charge in [-0.15, -0.1) is 0 Å². The van der Waals surface area contributed by atoms with Crippen molar-refractivity contribution in [2.45, 2.75) is 26.2 Å². The number of hydrogen-bond acceptors (Lipinski definition) is 4. The van der Waals surface area contributed by atoms with Gasteiger partial charge < -0.3 is 14.2 Å². The summed E-state index contributed by atoms with van der Waals surface area (Å²) in [7, 11) is 1.85. The molecule has 1 aliphatic heterocycles. The number of likely N-dealkylation sites (tertiary alicyclic amines) is 1. The summed E-state index contributed by atoms with van der Waals surface area (Å²) in [6.45, 7) is 5.72. The maximum absolute atomic E-state index is 12.5. The molecule has 3 rings (SSSR count). The van der Waals surface area contributed by atoms with Crippen LogP contribution in [-0.2, 0) is 6.42 Å². The molecule has 6 heteroatoms. The minimum atomic E-state index is -0.0606. The van der Waals surface area contributed by atoms with Gasteiger partial charge in [-0.25, -0.2) is 4.98 Å². The van der Waals surface area contributed by atoms with Crippen molar-refractivity contribution in [1.29, 1.82) is 0 Å². The molecular weight excluding hydrogens is 350 g/mol. The average Bonchev–Trinajstić information content (AvgIpc) is 3.07. The van der Waals surface area contributed by atoms with Crippen LogP contribution in [0.4, 0.5) is 0 Å². The van der Waals surface area contributed by atoms with Crippen molar-refractivity contribution in [3.05, 3.63) is 52.7 Å². The van der Waals surface area contributed by atoms with Gasteiger partial charge in [0.1, 0.15) is 5.76 Å². The molecule has 1 atom stereocenters. The van der Waals surface area contributed by atoms with Gasteiger partial charge in [0, 0.05) is 31.7 Å². The van der Waals surface area contributed by atoms with Crippen LogP contribution < -0.4 is 0 Å². The molecule has 0 aliphatic carbocycles. The van der Waals surface area contributed by atoms with Crippen molar-refractivity contribution in [3.8, 4) is 0 Å². The van der Waals surface area contributed by atoms with E-state index in [-0.39, 0.29) is 5.91 Å². The topological polar surface area (TPSA) is 49.6 Å². The molecule has 1 saturated heterocycles. The zero-order valence-electron chi connectivity index (χ0n) is 15.4. The molecule has 2 aromatic rings. The van der Waals surface area contributed by atoms with Crippen LogP contribution in [0.2, 0.25) is 5.02 Å². The van der Waals surface area contributed by atoms with E-state index in [1.54, 1.807) is 11.8 Å². The molecule has 0 N–H and O–H groups in total. The Kier molecular flexibility index (Phi) is 6.33. The summed E-state index contributed by atoms with van der Waals surface area (Å²) in [6, 6.07) is 8.08. The van der Waals surface area contributed by atoms with E-state index in [2.05, 4.69) is 22.0 Å². The Labute approximate surface area is 159 Å². The molecule has 5 nitrogen and oxygen atoms in total. The van der Waals surface area contributed by atoms with Crippen LogP contribution in [0.5, 0.6) is 0 Å². The monoisotopic (exact) mass is 375 g/mol. The van der Waals surface area contributed by atoms with Crippen molar-refractivity contribution in [1.82, 2.24) is 14.8 Å². The molecule has 0 bridgehead atoms. The van der Waals surface area contributed by atoms with Crippen LogP contribution in [0.15, 0.2) is 35.1 Å². The highest BCUT2D eigenvalue weighted by molar-refractivity contribution is 6.30. The average molecular weight is 376 g/mol. The molecule has 1 unspecified atom stereocenters. The lowest BCUT2D eigenvalue weighted by Gasteiger charge is -2.34. The third kappa shape index (κ3) is 4.86. The molecule has 2 heterocycles. The number of nitrogens with zero attached hydrogens (tertiary/aromatic N) is 3. The number of piperidine rings is 1. The fraction of sp³-hybridized carbons (Fsp3) is 0.500. The second-order valence-corrected chi connectivity index (χ2v) is 7.56. The summed E-state index contributed by atoms with van der Waals surface area (Å²) in [6.07, 6.45) is 4.69. The van der Waals surface area contributed by atoms with Gasteiger partial charge in [-0.2, -0.15) is 0 Å². The Balaban J connectivity index is 1.49.